The van der Waals surface area contributed by atoms with Crippen LogP contribution >= 0.6 is 11.6 Å². The quantitative estimate of drug-likeness (QED) is 0.815. The molecule has 1 aliphatic rings. The Labute approximate surface area is 129 Å². The Morgan fingerprint density at radius 1 is 1.38 bits per heavy atom. The van der Waals surface area contributed by atoms with Gasteiger partial charge in [-0.2, -0.15) is 4.31 Å². The van der Waals surface area contributed by atoms with Gasteiger partial charge in [0.25, 0.3) is 5.91 Å². The molecule has 0 aromatic carbocycles. The molecule has 1 aliphatic heterocycles. The highest BCUT2D eigenvalue weighted by Crippen LogP contribution is 2.21. The first kappa shape index (κ1) is 16.2. The lowest BCUT2D eigenvalue weighted by molar-refractivity contribution is 0.0641. The van der Waals surface area contributed by atoms with Gasteiger partial charge in [0.2, 0.25) is 10.0 Å². The summed E-state index contributed by atoms with van der Waals surface area (Å²) < 4.78 is 24.7. The van der Waals surface area contributed by atoms with E-state index in [1.54, 1.807) is 18.7 Å². The van der Waals surface area contributed by atoms with Crippen molar-refractivity contribution in [3.8, 4) is 0 Å². The molecule has 0 bridgehead atoms. The molecule has 0 N–H and O–H groups in total. The van der Waals surface area contributed by atoms with E-state index < -0.39 is 10.0 Å². The molecule has 2 heterocycles. The number of piperazine rings is 1. The number of nitrogens with zero attached hydrogens (tertiary/aromatic N) is 3. The molecule has 116 valence electrons. The molecule has 6 nitrogen and oxygen atoms in total. The van der Waals surface area contributed by atoms with Crippen molar-refractivity contribution in [1.82, 2.24) is 14.2 Å². The van der Waals surface area contributed by atoms with Crippen LogP contribution in [0.3, 0.4) is 0 Å². The van der Waals surface area contributed by atoms with Gasteiger partial charge in [0.05, 0.1) is 16.8 Å². The summed E-state index contributed by atoms with van der Waals surface area (Å²) >= 11 is 5.99. The molecule has 2 rings (SSSR count). The first-order valence-corrected chi connectivity index (χ1v) is 8.80. The first-order chi connectivity index (χ1) is 9.71. The molecular weight excluding hydrogens is 314 g/mol. The van der Waals surface area contributed by atoms with Crippen molar-refractivity contribution in [1.29, 1.82) is 0 Å². The van der Waals surface area contributed by atoms with E-state index >= 15 is 0 Å². The Morgan fingerprint density at radius 3 is 2.62 bits per heavy atom. The molecule has 1 fully saturated rings. The first-order valence-electron chi connectivity index (χ1n) is 6.58. The molecule has 0 unspecified atom stereocenters. The van der Waals surface area contributed by atoms with Gasteiger partial charge in [0, 0.05) is 38.1 Å². The summed E-state index contributed by atoms with van der Waals surface area (Å²) in [5, 5.41) is 0.448. The van der Waals surface area contributed by atoms with Gasteiger partial charge in [0.1, 0.15) is 0 Å². The van der Waals surface area contributed by atoms with Crippen molar-refractivity contribution < 1.29 is 13.2 Å². The standard InChI is InChI=1S/C13H18ClN3O3S/c1-9-8-16(4-5-17(9)21(3,19)20)13(18)11-6-15-7-12(14)10(11)2/h6-7,9H,4-5,8H2,1-3H3/t9-/m0/s1. The number of hydrogen-bond donors (Lipinski definition) is 0. The molecule has 1 atom stereocenters. The largest absolute Gasteiger partial charge is 0.336 e. The number of halogens is 1. The number of hydrogen-bond acceptors (Lipinski definition) is 4. The van der Waals surface area contributed by atoms with Gasteiger partial charge in [-0.15, -0.1) is 0 Å². The van der Waals surface area contributed by atoms with Crippen molar-refractivity contribution in [2.45, 2.75) is 19.9 Å². The Morgan fingerprint density at radius 2 is 2.05 bits per heavy atom. The second-order valence-electron chi connectivity index (χ2n) is 5.27. The number of carbonyl (C=O) groups excluding carboxylic acids is 1. The lowest BCUT2D eigenvalue weighted by Gasteiger charge is -2.38. The van der Waals surface area contributed by atoms with Gasteiger partial charge < -0.3 is 4.90 Å². The average Bonchev–Trinajstić information content (AvgIpc) is 2.39. The van der Waals surface area contributed by atoms with E-state index in [0.29, 0.717) is 35.8 Å². The molecule has 0 spiro atoms. The predicted molar refractivity (Wildman–Crippen MR) is 80.9 cm³/mol. The number of carbonyl (C=O) groups is 1. The SMILES string of the molecule is Cc1c(Cl)cncc1C(=O)N1CCN(S(C)(=O)=O)[C@@H](C)C1. The van der Waals surface area contributed by atoms with E-state index in [2.05, 4.69) is 4.98 Å². The Hall–Kier alpha value is -1.18. The van der Waals surface area contributed by atoms with Crippen LogP contribution in [0.5, 0.6) is 0 Å². The van der Waals surface area contributed by atoms with Gasteiger partial charge in [0.15, 0.2) is 0 Å². The van der Waals surface area contributed by atoms with Crippen molar-refractivity contribution in [2.75, 3.05) is 25.9 Å². The van der Waals surface area contributed by atoms with Crippen LogP contribution in [0.4, 0.5) is 0 Å². The van der Waals surface area contributed by atoms with Crippen LogP contribution in [0.2, 0.25) is 5.02 Å². The third-order valence-electron chi connectivity index (χ3n) is 3.66. The molecule has 1 amide bonds. The minimum absolute atomic E-state index is 0.164. The van der Waals surface area contributed by atoms with E-state index in [1.807, 2.05) is 0 Å². The molecule has 21 heavy (non-hydrogen) atoms. The highest BCUT2D eigenvalue weighted by molar-refractivity contribution is 7.88. The van der Waals surface area contributed by atoms with Crippen LogP contribution in [0.1, 0.15) is 22.8 Å². The van der Waals surface area contributed by atoms with Crippen LogP contribution in [-0.4, -0.2) is 60.4 Å². The van der Waals surface area contributed by atoms with E-state index in [1.165, 1.54) is 23.0 Å². The molecule has 1 aromatic heterocycles. The van der Waals surface area contributed by atoms with Crippen LogP contribution in [0.25, 0.3) is 0 Å². The fraction of sp³-hybridized carbons (Fsp3) is 0.538. The number of sulfonamides is 1. The summed E-state index contributed by atoms with van der Waals surface area (Å²) in [4.78, 5) is 18.1. The van der Waals surface area contributed by atoms with Crippen molar-refractivity contribution >= 4 is 27.5 Å². The van der Waals surface area contributed by atoms with Gasteiger partial charge in [-0.3, -0.25) is 9.78 Å². The summed E-state index contributed by atoms with van der Waals surface area (Å²) in [6, 6.07) is -0.245. The van der Waals surface area contributed by atoms with E-state index in [-0.39, 0.29) is 11.9 Å². The summed E-state index contributed by atoms with van der Waals surface area (Å²) in [5.41, 5.74) is 1.15. The zero-order chi connectivity index (χ0) is 15.8. The number of pyridine rings is 1. The minimum atomic E-state index is -3.24. The Balaban J connectivity index is 2.18. The second-order valence-corrected chi connectivity index (χ2v) is 7.61. The number of amides is 1. The maximum atomic E-state index is 12.5. The normalized spacial score (nSPS) is 20.6. The summed E-state index contributed by atoms with van der Waals surface area (Å²) in [7, 11) is -3.24. The summed E-state index contributed by atoms with van der Waals surface area (Å²) in [5.74, 6) is -0.164. The minimum Gasteiger partial charge on any atom is -0.336 e. The second kappa shape index (κ2) is 5.90. The van der Waals surface area contributed by atoms with Crippen LogP contribution in [0.15, 0.2) is 12.4 Å². The van der Waals surface area contributed by atoms with Crippen molar-refractivity contribution in [3.63, 3.8) is 0 Å². The Kier molecular flexibility index (Phi) is 4.55. The average molecular weight is 332 g/mol. The maximum Gasteiger partial charge on any atom is 0.255 e. The molecule has 0 radical (unpaired) electrons. The topological polar surface area (TPSA) is 70.6 Å². The van der Waals surface area contributed by atoms with Crippen LogP contribution < -0.4 is 0 Å². The van der Waals surface area contributed by atoms with E-state index in [0.717, 1.165) is 0 Å². The number of aromatic nitrogens is 1. The fourth-order valence-corrected chi connectivity index (χ4v) is 3.80. The Bertz CT molecular complexity index is 663. The fourth-order valence-electron chi connectivity index (χ4n) is 2.50. The highest BCUT2D eigenvalue weighted by Gasteiger charge is 2.32. The molecule has 8 heteroatoms. The van der Waals surface area contributed by atoms with E-state index in [9.17, 15) is 13.2 Å². The van der Waals surface area contributed by atoms with Crippen LogP contribution in [-0.2, 0) is 10.0 Å². The van der Waals surface area contributed by atoms with Gasteiger partial charge in [-0.1, -0.05) is 11.6 Å². The van der Waals surface area contributed by atoms with Gasteiger partial charge in [-0.05, 0) is 19.4 Å². The van der Waals surface area contributed by atoms with Crippen LogP contribution in [0, 0.1) is 6.92 Å². The van der Waals surface area contributed by atoms with Gasteiger partial charge >= 0.3 is 0 Å². The molecule has 0 aliphatic carbocycles. The zero-order valence-corrected chi connectivity index (χ0v) is 13.8. The van der Waals surface area contributed by atoms with E-state index in [4.69, 9.17) is 11.6 Å². The molecule has 0 saturated carbocycles. The van der Waals surface area contributed by atoms with Gasteiger partial charge in [-0.25, -0.2) is 8.42 Å². The predicted octanol–water partition coefficient (Wildman–Crippen LogP) is 1.15. The monoisotopic (exact) mass is 331 g/mol. The lowest BCUT2D eigenvalue weighted by atomic mass is 10.1. The smallest absolute Gasteiger partial charge is 0.255 e. The third kappa shape index (κ3) is 3.36. The summed E-state index contributed by atoms with van der Waals surface area (Å²) in [6.07, 6.45) is 4.18. The maximum absolute atomic E-state index is 12.5. The highest BCUT2D eigenvalue weighted by atomic mass is 35.5. The zero-order valence-electron chi connectivity index (χ0n) is 12.2. The molecular formula is C13H18ClN3O3S. The third-order valence-corrected chi connectivity index (χ3v) is 5.44. The summed E-state index contributed by atoms with van der Waals surface area (Å²) in [6.45, 7) is 4.59. The molecule has 1 aromatic rings. The number of rotatable bonds is 2. The lowest BCUT2D eigenvalue weighted by Crippen LogP contribution is -2.55. The van der Waals surface area contributed by atoms with Crippen molar-refractivity contribution in [3.05, 3.63) is 28.5 Å². The molecule has 1 saturated heterocycles. The van der Waals surface area contributed by atoms with Crippen molar-refractivity contribution in [2.24, 2.45) is 0 Å².